The van der Waals surface area contributed by atoms with E-state index < -0.39 is 6.04 Å². The normalized spacial score (nSPS) is 15.2. The molecule has 0 heterocycles. The highest BCUT2D eigenvalue weighted by Crippen LogP contribution is 2.30. The van der Waals surface area contributed by atoms with Gasteiger partial charge in [-0.05, 0) is 36.5 Å². The van der Waals surface area contributed by atoms with Crippen molar-refractivity contribution >= 4 is 35.0 Å². The van der Waals surface area contributed by atoms with Crippen molar-refractivity contribution in [2.24, 2.45) is 11.7 Å². The van der Waals surface area contributed by atoms with Crippen LogP contribution in [0.25, 0.3) is 0 Å². The zero-order valence-electron chi connectivity index (χ0n) is 13.9. The lowest BCUT2D eigenvalue weighted by Gasteiger charge is -2.24. The van der Waals surface area contributed by atoms with Crippen LogP contribution in [0.3, 0.4) is 0 Å². The van der Waals surface area contributed by atoms with Crippen LogP contribution in [0.4, 0.5) is 0 Å². The van der Waals surface area contributed by atoms with Gasteiger partial charge in [-0.15, -0.1) is 0 Å². The van der Waals surface area contributed by atoms with Crippen LogP contribution in [0, 0.1) is 5.92 Å². The zero-order chi connectivity index (χ0) is 17.9. The van der Waals surface area contributed by atoms with E-state index in [0.717, 1.165) is 18.4 Å². The van der Waals surface area contributed by atoms with E-state index in [1.807, 2.05) is 19.9 Å². The lowest BCUT2D eigenvalue weighted by Crippen LogP contribution is -2.48. The second-order valence-corrected chi connectivity index (χ2v) is 7.30. The third-order valence-corrected chi connectivity index (χ3v) is 4.82. The first kappa shape index (κ1) is 19.0. The van der Waals surface area contributed by atoms with Gasteiger partial charge in [-0.2, -0.15) is 0 Å². The van der Waals surface area contributed by atoms with Gasteiger partial charge in [-0.3, -0.25) is 9.59 Å². The predicted molar refractivity (Wildman–Crippen MR) is 95.9 cm³/mol. The Bertz CT molecular complexity index is 618. The van der Waals surface area contributed by atoms with Crippen molar-refractivity contribution in [3.8, 4) is 0 Å². The number of nitrogens with two attached hydrogens (primary N) is 1. The molecule has 1 aromatic carbocycles. The number of rotatable bonds is 7. The summed E-state index contributed by atoms with van der Waals surface area (Å²) in [6.45, 7) is 4.14. The molecule has 0 aromatic heterocycles. The average Bonchev–Trinajstić information content (AvgIpc) is 3.37. The van der Waals surface area contributed by atoms with Crippen molar-refractivity contribution in [2.45, 2.75) is 45.3 Å². The largest absolute Gasteiger partial charge is 0.346 e. The molecule has 1 aromatic rings. The second-order valence-electron chi connectivity index (χ2n) is 6.49. The van der Waals surface area contributed by atoms with Crippen LogP contribution in [0.15, 0.2) is 18.2 Å². The molecule has 2 amide bonds. The van der Waals surface area contributed by atoms with Crippen LogP contribution in [0.5, 0.6) is 0 Å². The summed E-state index contributed by atoms with van der Waals surface area (Å²) >= 11 is 12.0. The molecular formula is C17H23Cl2N3O2. The molecule has 0 radical (unpaired) electrons. The minimum Gasteiger partial charge on any atom is -0.346 e. The topological polar surface area (TPSA) is 75.4 Å². The van der Waals surface area contributed by atoms with Crippen molar-refractivity contribution in [1.82, 2.24) is 10.2 Å². The molecule has 1 fully saturated rings. The number of halogens is 2. The maximum atomic E-state index is 12.5. The van der Waals surface area contributed by atoms with E-state index in [1.165, 1.54) is 0 Å². The molecule has 132 valence electrons. The lowest BCUT2D eigenvalue weighted by atomic mass is 10.1. The SMILES string of the molecule is CC(C)[C@H](N)C(=O)NCC(=O)N(Cc1ccc(Cl)c(Cl)c1)C1CC1. The number of hydrogen-bond donors (Lipinski definition) is 2. The number of hydrogen-bond acceptors (Lipinski definition) is 3. The van der Waals surface area contributed by atoms with E-state index in [2.05, 4.69) is 5.32 Å². The van der Waals surface area contributed by atoms with E-state index in [0.29, 0.717) is 16.6 Å². The standard InChI is InChI=1S/C17H23Cl2N3O2/c1-10(2)16(20)17(24)21-8-15(23)22(12-4-5-12)9-11-3-6-13(18)14(19)7-11/h3,6-7,10,12,16H,4-5,8-9,20H2,1-2H3,(H,21,24)/t16-/m0/s1. The van der Waals surface area contributed by atoms with Crippen LogP contribution < -0.4 is 11.1 Å². The molecule has 3 N–H and O–H groups in total. The summed E-state index contributed by atoms with van der Waals surface area (Å²) in [5, 5.41) is 3.58. The number of benzene rings is 1. The zero-order valence-corrected chi connectivity index (χ0v) is 15.4. The third kappa shape index (κ3) is 5.10. The van der Waals surface area contributed by atoms with Gasteiger partial charge in [0.2, 0.25) is 11.8 Å². The Morgan fingerprint density at radius 2 is 1.96 bits per heavy atom. The fourth-order valence-electron chi connectivity index (χ4n) is 2.33. The fraction of sp³-hybridized carbons (Fsp3) is 0.529. The minimum absolute atomic E-state index is 0.0239. The number of nitrogens with zero attached hydrogens (tertiary/aromatic N) is 1. The summed E-state index contributed by atoms with van der Waals surface area (Å²) in [4.78, 5) is 26.2. The average molecular weight is 372 g/mol. The van der Waals surface area contributed by atoms with E-state index >= 15 is 0 Å². The van der Waals surface area contributed by atoms with Crippen LogP contribution in [-0.4, -0.2) is 35.3 Å². The molecule has 0 spiro atoms. The Balaban J connectivity index is 1.96. The molecule has 1 saturated carbocycles. The quantitative estimate of drug-likeness (QED) is 0.773. The van der Waals surface area contributed by atoms with Gasteiger partial charge in [0.25, 0.3) is 0 Å². The van der Waals surface area contributed by atoms with Crippen molar-refractivity contribution in [3.05, 3.63) is 33.8 Å². The Labute approximate surface area is 152 Å². The van der Waals surface area contributed by atoms with Crippen molar-refractivity contribution in [3.63, 3.8) is 0 Å². The summed E-state index contributed by atoms with van der Waals surface area (Å²) in [7, 11) is 0. The van der Waals surface area contributed by atoms with Gasteiger partial charge >= 0.3 is 0 Å². The fourth-order valence-corrected chi connectivity index (χ4v) is 2.65. The second kappa shape index (κ2) is 8.19. The molecule has 0 bridgehead atoms. The van der Waals surface area contributed by atoms with Gasteiger partial charge in [-0.1, -0.05) is 43.1 Å². The van der Waals surface area contributed by atoms with Crippen molar-refractivity contribution < 1.29 is 9.59 Å². The molecule has 1 aliphatic carbocycles. The van der Waals surface area contributed by atoms with E-state index in [1.54, 1.807) is 17.0 Å². The number of carbonyl (C=O) groups is 2. The summed E-state index contributed by atoms with van der Waals surface area (Å²) in [6.07, 6.45) is 1.96. The van der Waals surface area contributed by atoms with E-state index in [4.69, 9.17) is 28.9 Å². The molecule has 1 aliphatic rings. The highest BCUT2D eigenvalue weighted by atomic mass is 35.5. The highest BCUT2D eigenvalue weighted by molar-refractivity contribution is 6.42. The minimum atomic E-state index is -0.609. The summed E-state index contributed by atoms with van der Waals surface area (Å²) in [6, 6.07) is 4.95. The Hall–Kier alpha value is -1.30. The van der Waals surface area contributed by atoms with Crippen molar-refractivity contribution in [2.75, 3.05) is 6.54 Å². The molecule has 24 heavy (non-hydrogen) atoms. The first-order chi connectivity index (χ1) is 11.3. The van der Waals surface area contributed by atoms with Gasteiger partial charge in [-0.25, -0.2) is 0 Å². The molecule has 7 heteroatoms. The molecule has 5 nitrogen and oxygen atoms in total. The van der Waals surface area contributed by atoms with Crippen LogP contribution >= 0.6 is 23.2 Å². The summed E-state index contributed by atoms with van der Waals surface area (Å²) in [5.41, 5.74) is 6.70. The van der Waals surface area contributed by atoms with E-state index in [-0.39, 0.29) is 30.3 Å². The predicted octanol–water partition coefficient (Wildman–Crippen LogP) is 2.58. The molecule has 2 rings (SSSR count). The Morgan fingerprint density at radius 1 is 1.29 bits per heavy atom. The lowest BCUT2D eigenvalue weighted by molar-refractivity contribution is -0.134. The number of nitrogens with one attached hydrogen (secondary N) is 1. The third-order valence-electron chi connectivity index (χ3n) is 4.08. The van der Waals surface area contributed by atoms with Gasteiger partial charge in [0.05, 0.1) is 22.6 Å². The van der Waals surface area contributed by atoms with E-state index in [9.17, 15) is 9.59 Å². The summed E-state index contributed by atoms with van der Waals surface area (Å²) in [5.74, 6) is -0.396. The van der Waals surface area contributed by atoms with Crippen LogP contribution in [0.1, 0.15) is 32.3 Å². The van der Waals surface area contributed by atoms with Gasteiger partial charge in [0, 0.05) is 12.6 Å². The van der Waals surface area contributed by atoms with Gasteiger partial charge in [0.1, 0.15) is 0 Å². The van der Waals surface area contributed by atoms with Gasteiger partial charge in [0.15, 0.2) is 0 Å². The Morgan fingerprint density at radius 3 is 2.50 bits per heavy atom. The first-order valence-corrected chi connectivity index (χ1v) is 8.82. The molecule has 0 aliphatic heterocycles. The van der Waals surface area contributed by atoms with Crippen LogP contribution in [-0.2, 0) is 16.1 Å². The smallest absolute Gasteiger partial charge is 0.242 e. The van der Waals surface area contributed by atoms with Crippen LogP contribution in [0.2, 0.25) is 10.0 Å². The number of amides is 2. The van der Waals surface area contributed by atoms with Crippen molar-refractivity contribution in [1.29, 1.82) is 0 Å². The maximum absolute atomic E-state index is 12.5. The van der Waals surface area contributed by atoms with Gasteiger partial charge < -0.3 is 16.0 Å². The molecule has 0 unspecified atom stereocenters. The molecule has 0 saturated heterocycles. The highest BCUT2D eigenvalue weighted by Gasteiger charge is 2.32. The molecule has 1 atom stereocenters. The molecular weight excluding hydrogens is 349 g/mol. The number of carbonyl (C=O) groups excluding carboxylic acids is 2. The Kier molecular flexibility index (Phi) is 6.49. The monoisotopic (exact) mass is 371 g/mol. The summed E-state index contributed by atoms with van der Waals surface area (Å²) < 4.78 is 0. The maximum Gasteiger partial charge on any atom is 0.242 e. The first-order valence-electron chi connectivity index (χ1n) is 8.06.